The molecule has 2 saturated carbocycles. The third kappa shape index (κ3) is 1.31. The lowest BCUT2D eigenvalue weighted by molar-refractivity contribution is -0.206. The molecule has 3 fully saturated rings. The number of aliphatic hydroxyl groups is 2. The van der Waals surface area contributed by atoms with Crippen molar-refractivity contribution in [2.24, 2.45) is 22.7 Å². The average Bonchev–Trinajstić information content (AvgIpc) is 2.53. The predicted molar refractivity (Wildman–Crippen MR) is 69.6 cm³/mol. The number of carbonyl (C=O) groups excluding carboxylic acids is 2. The second-order valence-corrected chi connectivity index (χ2v) is 7.20. The number of ether oxygens (including phenoxy) is 1. The van der Waals surface area contributed by atoms with Crippen LogP contribution in [-0.2, 0) is 14.3 Å². The van der Waals surface area contributed by atoms with Crippen LogP contribution in [0.1, 0.15) is 40.0 Å². The smallest absolute Gasteiger partial charge is 0.306 e. The molecule has 0 spiro atoms. The summed E-state index contributed by atoms with van der Waals surface area (Å²) >= 11 is 0. The zero-order chi connectivity index (χ0) is 14.9. The van der Waals surface area contributed by atoms with Crippen LogP contribution in [0.25, 0.3) is 0 Å². The van der Waals surface area contributed by atoms with Crippen LogP contribution in [0.3, 0.4) is 0 Å². The third-order valence-electron chi connectivity index (χ3n) is 6.64. The molecule has 1 heterocycles. The molecule has 0 aromatic heterocycles. The molecule has 0 aromatic rings. The first-order chi connectivity index (χ1) is 9.18. The number of cyclic esters (lactones) is 1. The van der Waals surface area contributed by atoms with Gasteiger partial charge in [0, 0.05) is 29.6 Å². The van der Waals surface area contributed by atoms with E-state index in [4.69, 9.17) is 4.74 Å². The first-order valence-electron chi connectivity index (χ1n) is 7.27. The van der Waals surface area contributed by atoms with Crippen LogP contribution in [0.2, 0.25) is 0 Å². The molecule has 6 unspecified atom stereocenters. The Morgan fingerprint density at radius 1 is 1.25 bits per heavy atom. The van der Waals surface area contributed by atoms with E-state index < -0.39 is 22.5 Å². The normalized spacial score (nSPS) is 55.1. The van der Waals surface area contributed by atoms with Gasteiger partial charge >= 0.3 is 5.97 Å². The largest absolute Gasteiger partial charge is 0.465 e. The number of ketones is 1. The van der Waals surface area contributed by atoms with Crippen molar-refractivity contribution in [2.75, 3.05) is 6.61 Å². The fourth-order valence-corrected chi connectivity index (χ4v) is 4.87. The molecule has 1 saturated heterocycles. The van der Waals surface area contributed by atoms with Crippen LogP contribution < -0.4 is 0 Å². The molecule has 3 rings (SSSR count). The number of esters is 1. The van der Waals surface area contributed by atoms with Crippen LogP contribution >= 0.6 is 0 Å². The van der Waals surface area contributed by atoms with Crippen LogP contribution in [0.4, 0.5) is 0 Å². The van der Waals surface area contributed by atoms with Crippen molar-refractivity contribution in [3.8, 4) is 0 Å². The SMILES string of the molecule is CC1C(=O)CC23CC(=O)OCC1(C)C2(O)CC(O)C3C. The van der Waals surface area contributed by atoms with E-state index in [2.05, 4.69) is 0 Å². The summed E-state index contributed by atoms with van der Waals surface area (Å²) in [5, 5.41) is 21.7. The molecule has 6 atom stereocenters. The van der Waals surface area contributed by atoms with Gasteiger partial charge in [-0.05, 0) is 5.92 Å². The molecular weight excluding hydrogens is 260 g/mol. The average molecular weight is 282 g/mol. The molecule has 1 aliphatic heterocycles. The van der Waals surface area contributed by atoms with Crippen molar-refractivity contribution in [3.63, 3.8) is 0 Å². The Kier molecular flexibility index (Phi) is 2.68. The lowest BCUT2D eigenvalue weighted by Gasteiger charge is -2.57. The Labute approximate surface area is 118 Å². The first-order valence-corrected chi connectivity index (χ1v) is 7.27. The summed E-state index contributed by atoms with van der Waals surface area (Å²) in [6.45, 7) is 5.47. The second-order valence-electron chi connectivity index (χ2n) is 7.20. The van der Waals surface area contributed by atoms with Gasteiger partial charge in [-0.25, -0.2) is 0 Å². The van der Waals surface area contributed by atoms with Gasteiger partial charge in [0.1, 0.15) is 12.4 Å². The fourth-order valence-electron chi connectivity index (χ4n) is 4.87. The van der Waals surface area contributed by atoms with Crippen molar-refractivity contribution in [1.82, 2.24) is 0 Å². The standard InChI is InChI=1S/C15H22O5/c1-8-10(16)4-14-6-12(18)20-7-13(8,3)15(14,19)5-11(17)9(14)2/h8-9,11,17,19H,4-7H2,1-3H3. The minimum atomic E-state index is -1.24. The number of hydrogen-bond donors (Lipinski definition) is 2. The Hall–Kier alpha value is -0.940. The van der Waals surface area contributed by atoms with Crippen molar-refractivity contribution < 1.29 is 24.5 Å². The van der Waals surface area contributed by atoms with Crippen LogP contribution in [-0.4, -0.2) is 40.3 Å². The van der Waals surface area contributed by atoms with E-state index in [0.29, 0.717) is 0 Å². The third-order valence-corrected chi connectivity index (χ3v) is 6.64. The van der Waals surface area contributed by atoms with Gasteiger partial charge in [-0.1, -0.05) is 20.8 Å². The molecule has 3 aliphatic rings. The molecule has 0 amide bonds. The van der Waals surface area contributed by atoms with Gasteiger partial charge in [0.15, 0.2) is 0 Å². The highest BCUT2D eigenvalue weighted by atomic mass is 16.5. The number of rotatable bonds is 0. The van der Waals surface area contributed by atoms with Gasteiger partial charge in [0.05, 0.1) is 18.1 Å². The number of Topliss-reactive ketones (excluding diaryl/α,β-unsaturated/α-hetero) is 1. The van der Waals surface area contributed by atoms with Gasteiger partial charge in [-0.2, -0.15) is 0 Å². The molecule has 0 aromatic carbocycles. The maximum Gasteiger partial charge on any atom is 0.306 e. The molecule has 2 aliphatic carbocycles. The van der Waals surface area contributed by atoms with E-state index in [0.717, 1.165) is 0 Å². The summed E-state index contributed by atoms with van der Waals surface area (Å²) in [5.74, 6) is -1.01. The lowest BCUT2D eigenvalue weighted by atomic mass is 9.48. The molecule has 0 radical (unpaired) electrons. The molecule has 2 N–H and O–H groups in total. The van der Waals surface area contributed by atoms with Gasteiger partial charge in [0.2, 0.25) is 0 Å². The molecule has 112 valence electrons. The van der Waals surface area contributed by atoms with Gasteiger partial charge in [-0.3, -0.25) is 9.59 Å². The van der Waals surface area contributed by atoms with Crippen LogP contribution in [0.15, 0.2) is 0 Å². The Balaban J connectivity index is 2.25. The first kappa shape index (κ1) is 14.0. The second kappa shape index (κ2) is 3.83. The van der Waals surface area contributed by atoms with Gasteiger partial charge in [-0.15, -0.1) is 0 Å². The minimum absolute atomic E-state index is 0.00970. The summed E-state index contributed by atoms with van der Waals surface area (Å²) in [6, 6.07) is 0. The Morgan fingerprint density at radius 2 is 1.90 bits per heavy atom. The zero-order valence-electron chi connectivity index (χ0n) is 12.2. The zero-order valence-corrected chi connectivity index (χ0v) is 12.2. The highest BCUT2D eigenvalue weighted by molar-refractivity contribution is 5.86. The van der Waals surface area contributed by atoms with E-state index in [1.807, 2.05) is 13.8 Å². The number of aliphatic hydroxyl groups excluding tert-OH is 1. The topological polar surface area (TPSA) is 83.8 Å². The summed E-state index contributed by atoms with van der Waals surface area (Å²) in [4.78, 5) is 24.4. The van der Waals surface area contributed by atoms with Gasteiger partial charge < -0.3 is 14.9 Å². The highest BCUT2D eigenvalue weighted by Gasteiger charge is 2.74. The summed E-state index contributed by atoms with van der Waals surface area (Å²) in [6.07, 6.45) is -0.328. The van der Waals surface area contributed by atoms with E-state index >= 15 is 0 Å². The number of carbonyl (C=O) groups is 2. The summed E-state index contributed by atoms with van der Waals surface area (Å²) in [5.41, 5.74) is -2.96. The van der Waals surface area contributed by atoms with E-state index in [-0.39, 0.29) is 49.5 Å². The Bertz CT molecular complexity index is 489. The fraction of sp³-hybridized carbons (Fsp3) is 0.867. The van der Waals surface area contributed by atoms with E-state index in [1.165, 1.54) is 0 Å². The van der Waals surface area contributed by atoms with Gasteiger partial charge in [0.25, 0.3) is 0 Å². The molecule has 5 nitrogen and oxygen atoms in total. The highest BCUT2D eigenvalue weighted by Crippen LogP contribution is 2.67. The van der Waals surface area contributed by atoms with Crippen molar-refractivity contribution in [1.29, 1.82) is 0 Å². The quantitative estimate of drug-likeness (QED) is 0.638. The monoisotopic (exact) mass is 282 g/mol. The minimum Gasteiger partial charge on any atom is -0.465 e. The predicted octanol–water partition coefficient (Wildman–Crippen LogP) is 0.667. The molecular formula is C15H22O5. The van der Waals surface area contributed by atoms with Crippen LogP contribution in [0.5, 0.6) is 0 Å². The molecule has 5 heteroatoms. The van der Waals surface area contributed by atoms with E-state index in [1.54, 1.807) is 6.92 Å². The van der Waals surface area contributed by atoms with Crippen LogP contribution in [0, 0.1) is 22.7 Å². The lowest BCUT2D eigenvalue weighted by Crippen LogP contribution is -2.65. The maximum absolute atomic E-state index is 12.4. The molecule has 20 heavy (non-hydrogen) atoms. The maximum atomic E-state index is 12.4. The Morgan fingerprint density at radius 3 is 2.55 bits per heavy atom. The number of hydrogen-bond acceptors (Lipinski definition) is 5. The van der Waals surface area contributed by atoms with Crippen molar-refractivity contribution >= 4 is 11.8 Å². The van der Waals surface area contributed by atoms with Crippen molar-refractivity contribution in [3.05, 3.63) is 0 Å². The summed E-state index contributed by atoms with van der Waals surface area (Å²) in [7, 11) is 0. The van der Waals surface area contributed by atoms with E-state index in [9.17, 15) is 19.8 Å². The summed E-state index contributed by atoms with van der Waals surface area (Å²) < 4.78 is 5.29. The van der Waals surface area contributed by atoms with Crippen molar-refractivity contribution in [2.45, 2.75) is 51.7 Å². The molecule has 2 bridgehead atoms.